The molecule has 0 bridgehead atoms. The molecule has 0 saturated heterocycles. The van der Waals surface area contributed by atoms with E-state index in [1.54, 1.807) is 0 Å². The van der Waals surface area contributed by atoms with Gasteiger partial charge in [0.25, 0.3) is 0 Å². The normalized spacial score (nSPS) is 15.1. The van der Waals surface area contributed by atoms with Crippen molar-refractivity contribution in [3.8, 4) is 11.5 Å². The molecule has 0 aliphatic carbocycles. The summed E-state index contributed by atoms with van der Waals surface area (Å²) < 4.78 is 11.5. The number of nitrogens with two attached hydrogens (primary N) is 1. The van der Waals surface area contributed by atoms with Gasteiger partial charge in [-0.1, -0.05) is 12.8 Å². The van der Waals surface area contributed by atoms with Crippen molar-refractivity contribution in [2.24, 2.45) is 5.73 Å². The van der Waals surface area contributed by atoms with E-state index in [1.165, 1.54) is 5.56 Å². The highest BCUT2D eigenvalue weighted by Gasteiger charge is 2.21. The number of carbonyl (C=O) groups is 1. The summed E-state index contributed by atoms with van der Waals surface area (Å²) in [5.74, 6) is 1.84. The third-order valence-electron chi connectivity index (χ3n) is 4.21. The lowest BCUT2D eigenvalue weighted by molar-refractivity contribution is -0.121. The SMILES string of the molecule is CCOc1cc2c(cc1CNC(=O)CCCCCCN)OC(C)C2.Cl. The monoisotopic (exact) mass is 370 g/mol. The molecule has 0 saturated carbocycles. The zero-order chi connectivity index (χ0) is 17.4. The zero-order valence-electron chi connectivity index (χ0n) is 15.3. The van der Waals surface area contributed by atoms with E-state index in [4.69, 9.17) is 15.2 Å². The Kier molecular flexibility index (Phi) is 9.68. The van der Waals surface area contributed by atoms with Gasteiger partial charge in [0.05, 0.1) is 6.61 Å². The summed E-state index contributed by atoms with van der Waals surface area (Å²) in [7, 11) is 0. The number of carbonyl (C=O) groups excluding carboxylic acids is 1. The highest BCUT2D eigenvalue weighted by atomic mass is 35.5. The van der Waals surface area contributed by atoms with Crippen LogP contribution in [0.1, 0.15) is 57.1 Å². The Bertz CT molecular complexity index is 552. The standard InChI is InChI=1S/C19H30N2O3.ClH/c1-3-23-17-11-15-10-14(2)24-18(15)12-16(17)13-21-19(22)8-6-4-5-7-9-20;/h11-12,14H,3-10,13,20H2,1-2H3,(H,21,22);1H. The topological polar surface area (TPSA) is 73.6 Å². The number of hydrogen-bond acceptors (Lipinski definition) is 4. The van der Waals surface area contributed by atoms with Gasteiger partial charge < -0.3 is 20.5 Å². The lowest BCUT2D eigenvalue weighted by Crippen LogP contribution is -2.22. The molecule has 1 aliphatic heterocycles. The molecule has 3 N–H and O–H groups in total. The van der Waals surface area contributed by atoms with E-state index in [1.807, 2.05) is 13.0 Å². The van der Waals surface area contributed by atoms with Gasteiger partial charge in [0.1, 0.15) is 17.6 Å². The minimum absolute atomic E-state index is 0. The number of nitrogens with one attached hydrogen (secondary N) is 1. The van der Waals surface area contributed by atoms with Crippen molar-refractivity contribution in [3.05, 3.63) is 23.3 Å². The van der Waals surface area contributed by atoms with Gasteiger partial charge >= 0.3 is 0 Å². The smallest absolute Gasteiger partial charge is 0.220 e. The zero-order valence-corrected chi connectivity index (χ0v) is 16.1. The lowest BCUT2D eigenvalue weighted by Gasteiger charge is -2.13. The molecule has 1 unspecified atom stereocenters. The molecule has 1 aliphatic rings. The fraction of sp³-hybridized carbons (Fsp3) is 0.632. The molecule has 5 nitrogen and oxygen atoms in total. The number of halogens is 1. The molecule has 25 heavy (non-hydrogen) atoms. The van der Waals surface area contributed by atoms with Gasteiger partial charge in [-0.3, -0.25) is 4.79 Å². The van der Waals surface area contributed by atoms with Crippen molar-refractivity contribution >= 4 is 18.3 Å². The minimum atomic E-state index is 0. The van der Waals surface area contributed by atoms with Crippen molar-refractivity contribution in [1.82, 2.24) is 5.32 Å². The molecule has 1 amide bonds. The van der Waals surface area contributed by atoms with E-state index in [9.17, 15) is 4.79 Å². The van der Waals surface area contributed by atoms with E-state index >= 15 is 0 Å². The summed E-state index contributed by atoms with van der Waals surface area (Å²) in [4.78, 5) is 12.0. The summed E-state index contributed by atoms with van der Waals surface area (Å²) in [6, 6.07) is 4.06. The second-order valence-electron chi connectivity index (χ2n) is 6.36. The molecule has 1 aromatic carbocycles. The van der Waals surface area contributed by atoms with Gasteiger partial charge in [0.15, 0.2) is 0 Å². The molecule has 142 valence electrons. The summed E-state index contributed by atoms with van der Waals surface area (Å²) in [5.41, 5.74) is 7.62. The average molecular weight is 371 g/mol. The van der Waals surface area contributed by atoms with Crippen LogP contribution in [0, 0.1) is 0 Å². The summed E-state index contributed by atoms with van der Waals surface area (Å²) >= 11 is 0. The molecule has 0 radical (unpaired) electrons. The Morgan fingerprint density at radius 1 is 1.32 bits per heavy atom. The first kappa shape index (κ1) is 21.6. The highest BCUT2D eigenvalue weighted by molar-refractivity contribution is 5.85. The van der Waals surface area contributed by atoms with Gasteiger partial charge in [-0.15, -0.1) is 12.4 Å². The van der Waals surface area contributed by atoms with E-state index in [0.29, 0.717) is 19.6 Å². The van der Waals surface area contributed by atoms with Crippen LogP contribution in [0.3, 0.4) is 0 Å². The van der Waals surface area contributed by atoms with Gasteiger partial charge in [-0.25, -0.2) is 0 Å². The number of unbranched alkanes of at least 4 members (excludes halogenated alkanes) is 3. The molecule has 0 aromatic heterocycles. The molecule has 2 rings (SSSR count). The Balaban J connectivity index is 0.00000312. The first-order chi connectivity index (χ1) is 11.6. The Labute approximate surface area is 157 Å². The van der Waals surface area contributed by atoms with E-state index in [2.05, 4.69) is 18.3 Å². The Hall–Kier alpha value is -1.46. The molecule has 1 atom stereocenters. The predicted molar refractivity (Wildman–Crippen MR) is 103 cm³/mol. The molecule has 1 heterocycles. The van der Waals surface area contributed by atoms with Gasteiger partial charge in [0.2, 0.25) is 5.91 Å². The van der Waals surface area contributed by atoms with Crippen molar-refractivity contribution in [2.75, 3.05) is 13.2 Å². The highest BCUT2D eigenvalue weighted by Crippen LogP contribution is 2.35. The summed E-state index contributed by atoms with van der Waals surface area (Å²) in [6.45, 7) is 5.84. The van der Waals surface area contributed by atoms with Crippen molar-refractivity contribution in [2.45, 2.75) is 65.0 Å². The number of ether oxygens (including phenoxy) is 2. The molecule has 0 spiro atoms. The van der Waals surface area contributed by atoms with Crippen LogP contribution < -0.4 is 20.5 Å². The van der Waals surface area contributed by atoms with E-state index in [0.717, 1.165) is 55.7 Å². The minimum Gasteiger partial charge on any atom is -0.494 e. The van der Waals surface area contributed by atoms with Gasteiger partial charge in [0, 0.05) is 30.5 Å². The Morgan fingerprint density at radius 2 is 2.08 bits per heavy atom. The van der Waals surface area contributed by atoms with Crippen LogP contribution >= 0.6 is 12.4 Å². The first-order valence-electron chi connectivity index (χ1n) is 9.06. The number of benzene rings is 1. The van der Waals surface area contributed by atoms with Crippen LogP contribution in [-0.4, -0.2) is 25.2 Å². The third-order valence-corrected chi connectivity index (χ3v) is 4.21. The second-order valence-corrected chi connectivity index (χ2v) is 6.36. The molecule has 1 aromatic rings. The fourth-order valence-electron chi connectivity index (χ4n) is 2.98. The third kappa shape index (κ3) is 6.75. The van der Waals surface area contributed by atoms with Crippen molar-refractivity contribution in [1.29, 1.82) is 0 Å². The molecular weight excluding hydrogens is 340 g/mol. The Morgan fingerprint density at radius 3 is 2.80 bits per heavy atom. The molecular formula is C19H31ClN2O3. The van der Waals surface area contributed by atoms with Crippen molar-refractivity contribution in [3.63, 3.8) is 0 Å². The maximum absolute atomic E-state index is 12.0. The van der Waals surface area contributed by atoms with Crippen LogP contribution in [0.5, 0.6) is 11.5 Å². The molecule has 6 heteroatoms. The second kappa shape index (κ2) is 11.2. The predicted octanol–water partition coefficient (Wildman–Crippen LogP) is 3.36. The van der Waals surface area contributed by atoms with E-state index in [-0.39, 0.29) is 24.4 Å². The van der Waals surface area contributed by atoms with Gasteiger partial charge in [-0.2, -0.15) is 0 Å². The summed E-state index contributed by atoms with van der Waals surface area (Å²) in [5, 5.41) is 2.99. The summed E-state index contributed by atoms with van der Waals surface area (Å²) in [6.07, 6.45) is 5.77. The maximum atomic E-state index is 12.0. The molecule has 0 fully saturated rings. The lowest BCUT2D eigenvalue weighted by atomic mass is 10.1. The first-order valence-corrected chi connectivity index (χ1v) is 9.06. The maximum Gasteiger partial charge on any atom is 0.220 e. The van der Waals surface area contributed by atoms with Crippen LogP contribution in [0.15, 0.2) is 12.1 Å². The quantitative estimate of drug-likeness (QED) is 0.619. The number of amides is 1. The number of fused-ring (bicyclic) bond motifs is 1. The van der Waals surface area contributed by atoms with Crippen LogP contribution in [0.25, 0.3) is 0 Å². The average Bonchev–Trinajstić information content (AvgIpc) is 2.91. The van der Waals surface area contributed by atoms with Crippen LogP contribution in [-0.2, 0) is 17.8 Å². The largest absolute Gasteiger partial charge is 0.494 e. The number of rotatable bonds is 10. The van der Waals surface area contributed by atoms with Crippen LogP contribution in [0.4, 0.5) is 0 Å². The number of hydrogen-bond donors (Lipinski definition) is 2. The van der Waals surface area contributed by atoms with Gasteiger partial charge in [-0.05, 0) is 45.4 Å². The fourth-order valence-corrected chi connectivity index (χ4v) is 2.98. The van der Waals surface area contributed by atoms with Crippen LogP contribution in [0.2, 0.25) is 0 Å². The van der Waals surface area contributed by atoms with Crippen molar-refractivity contribution < 1.29 is 14.3 Å². The van der Waals surface area contributed by atoms with E-state index < -0.39 is 0 Å².